The Hall–Kier alpha value is -1.42. The lowest BCUT2D eigenvalue weighted by Gasteiger charge is -2.26. The van der Waals surface area contributed by atoms with E-state index in [4.69, 9.17) is 0 Å². The minimum absolute atomic E-state index is 0.00317. The zero-order valence-corrected chi connectivity index (χ0v) is 11.4. The molecule has 4 heteroatoms. The van der Waals surface area contributed by atoms with Gasteiger partial charge >= 0.3 is 0 Å². The fourth-order valence-electron chi connectivity index (χ4n) is 3.16. The van der Waals surface area contributed by atoms with E-state index >= 15 is 0 Å². The van der Waals surface area contributed by atoms with E-state index in [-0.39, 0.29) is 23.2 Å². The standard InChI is InChI=1S/C15H19FN2O/c1-3-15(2)10-17-8-7-13(18(17)14(15)19)11-5-4-6-12(16)9-11/h4-6,9,13H,3,7-8,10H2,1-2H3/t13-,15-/m1/s1. The van der Waals surface area contributed by atoms with E-state index in [1.807, 2.05) is 18.0 Å². The first-order valence-corrected chi connectivity index (χ1v) is 6.89. The third-order valence-electron chi connectivity index (χ3n) is 4.53. The maximum Gasteiger partial charge on any atom is 0.244 e. The molecular formula is C15H19FN2O. The smallest absolute Gasteiger partial charge is 0.244 e. The van der Waals surface area contributed by atoms with Crippen LogP contribution in [-0.2, 0) is 4.79 Å². The first-order chi connectivity index (χ1) is 9.05. The predicted molar refractivity (Wildman–Crippen MR) is 70.6 cm³/mol. The molecular weight excluding hydrogens is 243 g/mol. The Morgan fingerprint density at radius 1 is 1.47 bits per heavy atom. The summed E-state index contributed by atoms with van der Waals surface area (Å²) in [5.74, 6) is -0.0531. The molecule has 0 bridgehead atoms. The number of carbonyl (C=O) groups excluding carboxylic acids is 1. The third kappa shape index (κ3) is 1.86. The van der Waals surface area contributed by atoms with Crippen LogP contribution in [0.1, 0.15) is 38.3 Å². The molecule has 2 fully saturated rings. The van der Waals surface area contributed by atoms with Gasteiger partial charge in [-0.2, -0.15) is 0 Å². The molecule has 0 N–H and O–H groups in total. The van der Waals surface area contributed by atoms with Crippen LogP contribution in [0.5, 0.6) is 0 Å². The van der Waals surface area contributed by atoms with Gasteiger partial charge in [0.1, 0.15) is 5.82 Å². The minimum Gasteiger partial charge on any atom is -0.273 e. The lowest BCUT2D eigenvalue weighted by Crippen LogP contribution is -2.36. The molecule has 0 saturated carbocycles. The number of hydrazine groups is 1. The number of halogens is 1. The van der Waals surface area contributed by atoms with Gasteiger partial charge in [0.2, 0.25) is 5.91 Å². The van der Waals surface area contributed by atoms with Crippen molar-refractivity contribution in [1.29, 1.82) is 0 Å². The normalized spacial score (nSPS) is 31.0. The fraction of sp³-hybridized carbons (Fsp3) is 0.533. The second kappa shape index (κ2) is 4.30. The van der Waals surface area contributed by atoms with Gasteiger partial charge in [0.25, 0.3) is 0 Å². The van der Waals surface area contributed by atoms with Crippen LogP contribution in [-0.4, -0.2) is 29.0 Å². The van der Waals surface area contributed by atoms with Gasteiger partial charge < -0.3 is 0 Å². The zero-order chi connectivity index (χ0) is 13.6. The second-order valence-electron chi connectivity index (χ2n) is 5.81. The van der Waals surface area contributed by atoms with Crippen LogP contribution >= 0.6 is 0 Å². The predicted octanol–water partition coefficient (Wildman–Crippen LogP) is 2.75. The van der Waals surface area contributed by atoms with Crippen molar-refractivity contribution in [3.63, 3.8) is 0 Å². The Morgan fingerprint density at radius 3 is 2.95 bits per heavy atom. The summed E-state index contributed by atoms with van der Waals surface area (Å²) >= 11 is 0. The van der Waals surface area contributed by atoms with Crippen LogP contribution in [0.15, 0.2) is 24.3 Å². The molecule has 0 unspecified atom stereocenters. The van der Waals surface area contributed by atoms with Crippen molar-refractivity contribution >= 4 is 5.91 Å². The molecule has 0 spiro atoms. The van der Waals surface area contributed by atoms with Gasteiger partial charge in [0.05, 0.1) is 11.5 Å². The summed E-state index contributed by atoms with van der Waals surface area (Å²) in [6.07, 6.45) is 1.73. The summed E-state index contributed by atoms with van der Waals surface area (Å²) in [5, 5.41) is 3.99. The first-order valence-electron chi connectivity index (χ1n) is 6.89. The highest BCUT2D eigenvalue weighted by Crippen LogP contribution is 2.43. The van der Waals surface area contributed by atoms with E-state index in [0.717, 1.165) is 31.5 Å². The molecule has 2 saturated heterocycles. The van der Waals surface area contributed by atoms with Gasteiger partial charge in [-0.15, -0.1) is 0 Å². The van der Waals surface area contributed by atoms with E-state index < -0.39 is 0 Å². The van der Waals surface area contributed by atoms with Crippen LogP contribution < -0.4 is 0 Å². The van der Waals surface area contributed by atoms with Crippen molar-refractivity contribution in [3.8, 4) is 0 Å². The van der Waals surface area contributed by atoms with E-state index in [1.54, 1.807) is 12.1 Å². The summed E-state index contributed by atoms with van der Waals surface area (Å²) in [7, 11) is 0. The van der Waals surface area contributed by atoms with Crippen molar-refractivity contribution in [2.45, 2.75) is 32.7 Å². The number of benzene rings is 1. The van der Waals surface area contributed by atoms with Gasteiger partial charge in [-0.25, -0.2) is 9.40 Å². The highest BCUT2D eigenvalue weighted by Gasteiger charge is 2.51. The number of hydrogen-bond donors (Lipinski definition) is 0. The Balaban J connectivity index is 1.92. The molecule has 0 aromatic heterocycles. The number of rotatable bonds is 2. The molecule has 2 aliphatic rings. The number of amides is 1. The van der Waals surface area contributed by atoms with Crippen molar-refractivity contribution in [2.75, 3.05) is 13.1 Å². The summed E-state index contributed by atoms with van der Waals surface area (Å²) in [4.78, 5) is 12.6. The van der Waals surface area contributed by atoms with Gasteiger partial charge in [0, 0.05) is 13.1 Å². The molecule has 3 nitrogen and oxygen atoms in total. The van der Waals surface area contributed by atoms with Crippen LogP contribution in [0.2, 0.25) is 0 Å². The van der Waals surface area contributed by atoms with Gasteiger partial charge in [-0.1, -0.05) is 19.1 Å². The highest BCUT2D eigenvalue weighted by atomic mass is 19.1. The van der Waals surface area contributed by atoms with Crippen LogP contribution in [0.4, 0.5) is 4.39 Å². The largest absolute Gasteiger partial charge is 0.273 e. The average molecular weight is 262 g/mol. The van der Waals surface area contributed by atoms with Crippen molar-refractivity contribution in [2.24, 2.45) is 5.41 Å². The summed E-state index contributed by atoms with van der Waals surface area (Å²) < 4.78 is 13.4. The van der Waals surface area contributed by atoms with Crippen LogP contribution in [0.3, 0.4) is 0 Å². The number of hydrogen-bond acceptors (Lipinski definition) is 2. The molecule has 3 rings (SSSR count). The maximum atomic E-state index is 13.4. The van der Waals surface area contributed by atoms with Crippen molar-refractivity contribution in [1.82, 2.24) is 10.0 Å². The van der Waals surface area contributed by atoms with E-state index in [9.17, 15) is 9.18 Å². The summed E-state index contributed by atoms with van der Waals surface area (Å²) in [6, 6.07) is 6.61. The SMILES string of the molecule is CC[C@]1(C)CN2CC[C@H](c3cccc(F)c3)N2C1=O. The highest BCUT2D eigenvalue weighted by molar-refractivity contribution is 5.84. The Labute approximate surface area is 113 Å². The molecule has 1 aromatic rings. The van der Waals surface area contributed by atoms with Crippen molar-refractivity contribution < 1.29 is 9.18 Å². The van der Waals surface area contributed by atoms with E-state index in [2.05, 4.69) is 11.9 Å². The Bertz CT molecular complexity index is 519. The molecule has 0 aliphatic carbocycles. The molecule has 2 atom stereocenters. The van der Waals surface area contributed by atoms with E-state index in [1.165, 1.54) is 6.07 Å². The molecule has 2 heterocycles. The number of fused-ring (bicyclic) bond motifs is 1. The minimum atomic E-state index is -0.286. The van der Waals surface area contributed by atoms with Crippen LogP contribution in [0, 0.1) is 11.2 Å². The molecule has 0 radical (unpaired) electrons. The number of nitrogens with zero attached hydrogens (tertiary/aromatic N) is 2. The monoisotopic (exact) mass is 262 g/mol. The lowest BCUT2D eigenvalue weighted by molar-refractivity contribution is -0.142. The molecule has 102 valence electrons. The fourth-order valence-corrected chi connectivity index (χ4v) is 3.16. The van der Waals surface area contributed by atoms with E-state index in [0.29, 0.717) is 0 Å². The summed E-state index contributed by atoms with van der Waals surface area (Å²) in [6.45, 7) is 5.74. The second-order valence-corrected chi connectivity index (χ2v) is 5.81. The lowest BCUT2D eigenvalue weighted by atomic mass is 9.87. The topological polar surface area (TPSA) is 23.6 Å². The molecule has 1 amide bonds. The molecule has 19 heavy (non-hydrogen) atoms. The summed E-state index contributed by atoms with van der Waals surface area (Å²) in [5.41, 5.74) is 0.614. The molecule has 1 aromatic carbocycles. The third-order valence-corrected chi connectivity index (χ3v) is 4.53. The Morgan fingerprint density at radius 2 is 2.26 bits per heavy atom. The average Bonchev–Trinajstić information content (AvgIpc) is 2.90. The van der Waals surface area contributed by atoms with Gasteiger partial charge in [0.15, 0.2) is 0 Å². The number of carbonyl (C=O) groups is 1. The van der Waals surface area contributed by atoms with Crippen molar-refractivity contribution in [3.05, 3.63) is 35.6 Å². The quantitative estimate of drug-likeness (QED) is 0.818. The zero-order valence-electron chi connectivity index (χ0n) is 11.4. The van der Waals surface area contributed by atoms with Gasteiger partial charge in [-0.3, -0.25) is 9.80 Å². The molecule has 2 aliphatic heterocycles. The van der Waals surface area contributed by atoms with Crippen LogP contribution in [0.25, 0.3) is 0 Å². The van der Waals surface area contributed by atoms with Gasteiger partial charge in [-0.05, 0) is 37.5 Å². The maximum absolute atomic E-state index is 13.4. The Kier molecular flexibility index (Phi) is 2.86. The first kappa shape index (κ1) is 12.6.